The van der Waals surface area contributed by atoms with Crippen molar-refractivity contribution in [2.24, 2.45) is 0 Å². The fourth-order valence-corrected chi connectivity index (χ4v) is 3.87. The van der Waals surface area contributed by atoms with Crippen LogP contribution in [0.3, 0.4) is 0 Å². The van der Waals surface area contributed by atoms with E-state index in [-0.39, 0.29) is 0 Å². The molecule has 0 aliphatic rings. The normalized spacial score (nSPS) is 11.5. The van der Waals surface area contributed by atoms with E-state index in [0.29, 0.717) is 14.5 Å². The van der Waals surface area contributed by atoms with Crippen molar-refractivity contribution in [2.45, 2.75) is 0 Å². The summed E-state index contributed by atoms with van der Waals surface area (Å²) in [7, 11) is 0. The molecule has 0 bridgehead atoms. The van der Waals surface area contributed by atoms with Gasteiger partial charge in [-0.05, 0) is 0 Å². The van der Waals surface area contributed by atoms with Gasteiger partial charge in [0.25, 0.3) is 0 Å². The molecular weight excluding hydrogens is 273 g/mol. The van der Waals surface area contributed by atoms with Gasteiger partial charge < -0.3 is 0 Å². The van der Waals surface area contributed by atoms with E-state index in [1.165, 1.54) is 31.3 Å². The van der Waals surface area contributed by atoms with E-state index >= 15 is 0 Å². The van der Waals surface area contributed by atoms with E-state index < -0.39 is 0 Å². The molecule has 0 unspecified atom stereocenters. The molecule has 4 aromatic rings. The zero-order chi connectivity index (χ0) is 11.2. The van der Waals surface area contributed by atoms with E-state index in [1.807, 2.05) is 0 Å². The number of aromatic nitrogens is 1. The van der Waals surface area contributed by atoms with E-state index in [1.54, 1.807) is 0 Å². The molecule has 3 aromatic carbocycles. The second-order valence-corrected chi connectivity index (χ2v) is 6.01. The fraction of sp³-hybridized carbons (Fsp3) is 0. The summed E-state index contributed by atoms with van der Waals surface area (Å²) >= 11 is 0.426. The molecule has 0 spiro atoms. The SMILES string of the molecule is c1ccc2c(c1)ccc1c2ccc2[se]cnc21. The predicted octanol–water partition coefficient (Wildman–Crippen LogP) is 3.60. The van der Waals surface area contributed by atoms with Crippen LogP contribution in [0, 0.1) is 0 Å². The predicted molar refractivity (Wildman–Crippen MR) is 73.7 cm³/mol. The van der Waals surface area contributed by atoms with E-state index in [0.717, 1.165) is 0 Å². The molecule has 0 amide bonds. The van der Waals surface area contributed by atoms with Crippen molar-refractivity contribution in [1.29, 1.82) is 0 Å². The Morgan fingerprint density at radius 3 is 2.65 bits per heavy atom. The van der Waals surface area contributed by atoms with Crippen molar-refractivity contribution < 1.29 is 0 Å². The summed E-state index contributed by atoms with van der Waals surface area (Å²) in [6, 6.07) is 17.4. The van der Waals surface area contributed by atoms with Crippen molar-refractivity contribution in [3.8, 4) is 0 Å². The maximum atomic E-state index is 4.54. The van der Waals surface area contributed by atoms with Gasteiger partial charge in [0.15, 0.2) is 0 Å². The van der Waals surface area contributed by atoms with Crippen molar-refractivity contribution >= 4 is 45.8 Å². The summed E-state index contributed by atoms with van der Waals surface area (Å²) in [4.78, 5) is 4.54. The van der Waals surface area contributed by atoms with Crippen LogP contribution < -0.4 is 0 Å². The molecule has 17 heavy (non-hydrogen) atoms. The minimum atomic E-state index is 0.426. The van der Waals surface area contributed by atoms with Crippen LogP contribution in [0.5, 0.6) is 0 Å². The molecule has 0 saturated carbocycles. The number of rotatable bonds is 0. The fourth-order valence-electron chi connectivity index (χ4n) is 2.42. The van der Waals surface area contributed by atoms with Gasteiger partial charge in [0.1, 0.15) is 0 Å². The van der Waals surface area contributed by atoms with Gasteiger partial charge in [0.2, 0.25) is 0 Å². The van der Waals surface area contributed by atoms with Gasteiger partial charge in [-0.15, -0.1) is 0 Å². The topological polar surface area (TPSA) is 12.9 Å². The molecule has 0 radical (unpaired) electrons. The molecule has 0 saturated heterocycles. The van der Waals surface area contributed by atoms with Gasteiger partial charge in [-0.1, -0.05) is 0 Å². The summed E-state index contributed by atoms with van der Waals surface area (Å²) in [5.74, 6) is 0. The molecular formula is C15H9NSe. The molecule has 2 heteroatoms. The first kappa shape index (κ1) is 9.40. The second-order valence-electron chi connectivity index (χ2n) is 4.15. The molecule has 0 aliphatic carbocycles. The molecule has 4 rings (SSSR count). The Labute approximate surface area is 104 Å². The monoisotopic (exact) mass is 283 g/mol. The number of fused-ring (bicyclic) bond motifs is 5. The molecule has 0 atom stereocenters. The summed E-state index contributed by atoms with van der Waals surface area (Å²) in [5.41, 5.74) is 1.19. The van der Waals surface area contributed by atoms with Gasteiger partial charge in [-0.2, -0.15) is 0 Å². The summed E-state index contributed by atoms with van der Waals surface area (Å²) in [6.45, 7) is 0. The quantitative estimate of drug-likeness (QED) is 0.355. The third kappa shape index (κ3) is 1.28. The Kier molecular flexibility index (Phi) is 1.90. The first-order chi connectivity index (χ1) is 8.43. The summed E-state index contributed by atoms with van der Waals surface area (Å²) in [6.07, 6.45) is 0. The summed E-state index contributed by atoms with van der Waals surface area (Å²) in [5, 5.41) is 7.29. The van der Waals surface area contributed by atoms with Crippen LogP contribution in [-0.2, 0) is 0 Å². The Morgan fingerprint density at radius 1 is 0.765 bits per heavy atom. The standard InChI is InChI=1S/C15H9NSe/c1-2-4-11-10(3-1)5-6-13-12(11)7-8-14-15(13)16-9-17-14/h1-9H. The molecule has 1 heterocycles. The van der Waals surface area contributed by atoms with Gasteiger partial charge >= 0.3 is 104 Å². The second kappa shape index (κ2) is 3.43. The molecule has 80 valence electrons. The minimum absolute atomic E-state index is 0.426. The molecule has 1 nitrogen and oxygen atoms in total. The van der Waals surface area contributed by atoms with Crippen LogP contribution in [0.4, 0.5) is 0 Å². The number of benzene rings is 3. The number of hydrogen-bond donors (Lipinski definition) is 0. The zero-order valence-corrected chi connectivity index (χ0v) is 10.8. The van der Waals surface area contributed by atoms with Crippen molar-refractivity contribution in [3.63, 3.8) is 0 Å². The average Bonchev–Trinajstić information content (AvgIpc) is 2.86. The van der Waals surface area contributed by atoms with Gasteiger partial charge in [0, 0.05) is 0 Å². The van der Waals surface area contributed by atoms with E-state index in [2.05, 4.69) is 58.6 Å². The van der Waals surface area contributed by atoms with Crippen molar-refractivity contribution in [3.05, 3.63) is 53.6 Å². The molecule has 0 fully saturated rings. The summed E-state index contributed by atoms with van der Waals surface area (Å²) < 4.78 is 1.40. The van der Waals surface area contributed by atoms with Gasteiger partial charge in [-0.3, -0.25) is 0 Å². The van der Waals surface area contributed by atoms with Gasteiger partial charge in [0.05, 0.1) is 0 Å². The number of nitrogens with zero attached hydrogens (tertiary/aromatic N) is 1. The van der Waals surface area contributed by atoms with Crippen molar-refractivity contribution in [1.82, 2.24) is 4.98 Å². The Bertz CT molecular complexity index is 845. The third-order valence-corrected chi connectivity index (χ3v) is 4.89. The Balaban J connectivity index is 2.34. The third-order valence-electron chi connectivity index (χ3n) is 3.22. The maximum absolute atomic E-state index is 4.54. The zero-order valence-electron chi connectivity index (χ0n) is 9.05. The molecule has 0 N–H and O–H groups in total. The molecule has 0 aliphatic heterocycles. The van der Waals surface area contributed by atoms with Crippen LogP contribution in [0.1, 0.15) is 0 Å². The van der Waals surface area contributed by atoms with Crippen LogP contribution in [0.2, 0.25) is 0 Å². The Morgan fingerprint density at radius 2 is 1.65 bits per heavy atom. The average molecular weight is 282 g/mol. The van der Waals surface area contributed by atoms with E-state index in [4.69, 9.17) is 0 Å². The van der Waals surface area contributed by atoms with E-state index in [9.17, 15) is 0 Å². The van der Waals surface area contributed by atoms with Crippen LogP contribution in [0.25, 0.3) is 31.3 Å². The van der Waals surface area contributed by atoms with Crippen LogP contribution in [0.15, 0.2) is 53.6 Å². The van der Waals surface area contributed by atoms with Crippen molar-refractivity contribution in [2.75, 3.05) is 0 Å². The first-order valence-corrected chi connectivity index (χ1v) is 7.42. The molecule has 1 aromatic heterocycles. The van der Waals surface area contributed by atoms with Gasteiger partial charge in [-0.25, -0.2) is 0 Å². The van der Waals surface area contributed by atoms with Crippen LogP contribution >= 0.6 is 0 Å². The Hall–Kier alpha value is -1.63. The number of hydrogen-bond acceptors (Lipinski definition) is 1. The van der Waals surface area contributed by atoms with Crippen LogP contribution in [-0.4, -0.2) is 19.5 Å². The first-order valence-electron chi connectivity index (χ1n) is 5.57.